The molecule has 3 rings (SSSR count). The Morgan fingerprint density at radius 2 is 1.85 bits per heavy atom. The zero-order chi connectivity index (χ0) is 24.2. The maximum absolute atomic E-state index is 12.5. The van der Waals surface area contributed by atoms with Crippen LogP contribution in [-0.4, -0.2) is 63.2 Å². The lowest BCUT2D eigenvalue weighted by molar-refractivity contribution is -0.384. The van der Waals surface area contributed by atoms with Crippen molar-refractivity contribution in [1.82, 2.24) is 4.90 Å². The van der Waals surface area contributed by atoms with Gasteiger partial charge in [-0.2, -0.15) is 8.42 Å². The molecule has 2 fully saturated rings. The maximum atomic E-state index is 12.5. The molecule has 0 radical (unpaired) electrons. The highest BCUT2D eigenvalue weighted by atomic mass is 32.2. The van der Waals surface area contributed by atoms with E-state index in [0.717, 1.165) is 37.1 Å². The van der Waals surface area contributed by atoms with Crippen molar-refractivity contribution in [3.05, 3.63) is 34.4 Å². The molecule has 33 heavy (non-hydrogen) atoms. The number of ether oxygens (including phenoxy) is 2. The topological polar surface area (TPSA) is 142 Å². The Morgan fingerprint density at radius 3 is 2.45 bits per heavy atom. The fourth-order valence-corrected chi connectivity index (χ4v) is 5.64. The number of benzene rings is 1. The van der Waals surface area contributed by atoms with Crippen LogP contribution in [0.25, 0.3) is 0 Å². The number of nitro benzene ring substituents is 1. The first-order valence-corrected chi connectivity index (χ1v) is 12.2. The highest BCUT2D eigenvalue weighted by molar-refractivity contribution is 7.86. The summed E-state index contributed by atoms with van der Waals surface area (Å²) in [5, 5.41) is 10.8. The lowest BCUT2D eigenvalue weighted by Crippen LogP contribution is -2.55. The van der Waals surface area contributed by atoms with Gasteiger partial charge in [0.2, 0.25) is 0 Å². The molecule has 0 N–H and O–H groups in total. The van der Waals surface area contributed by atoms with Gasteiger partial charge in [0.1, 0.15) is 6.04 Å². The van der Waals surface area contributed by atoms with Crippen LogP contribution in [0.5, 0.6) is 0 Å². The van der Waals surface area contributed by atoms with Crippen molar-refractivity contribution >= 4 is 27.9 Å². The summed E-state index contributed by atoms with van der Waals surface area (Å²) in [6.45, 7) is 2.27. The Kier molecular flexibility index (Phi) is 7.90. The summed E-state index contributed by atoms with van der Waals surface area (Å²) in [5.74, 6) is -0.214. The van der Waals surface area contributed by atoms with Gasteiger partial charge in [0.05, 0.1) is 30.1 Å². The molecule has 1 aromatic carbocycles. The standard InChI is InChI=1S/C21H28N2O9S/c1-3-31-20(24)19-11-16-10-14(4-5-15(16)12-22(19)21(25)30-2)13-32-33(28,29)18-8-6-17(7-9-18)23(26)27/h6-9,14-16,19H,3-5,10-13H2,1-2H3/t14-,15-,16+,19-/m0/s1. The van der Waals surface area contributed by atoms with E-state index in [2.05, 4.69) is 0 Å². The Bertz CT molecular complexity index is 980. The van der Waals surface area contributed by atoms with Crippen LogP contribution in [-0.2, 0) is 28.6 Å². The number of non-ortho nitro benzene ring substituents is 1. The Balaban J connectivity index is 1.63. The van der Waals surface area contributed by atoms with Gasteiger partial charge >= 0.3 is 12.1 Å². The fraction of sp³-hybridized carbons (Fsp3) is 0.619. The fourth-order valence-electron chi connectivity index (χ4n) is 4.67. The molecule has 12 heteroatoms. The van der Waals surface area contributed by atoms with Gasteiger partial charge in [-0.3, -0.25) is 19.2 Å². The van der Waals surface area contributed by atoms with Crippen molar-refractivity contribution in [1.29, 1.82) is 0 Å². The molecule has 1 amide bonds. The number of piperidine rings is 1. The summed E-state index contributed by atoms with van der Waals surface area (Å²) < 4.78 is 40.2. The third-order valence-electron chi connectivity index (χ3n) is 6.34. The molecule has 11 nitrogen and oxygen atoms in total. The summed E-state index contributed by atoms with van der Waals surface area (Å²) in [6.07, 6.45) is 2.00. The van der Waals surface area contributed by atoms with Crippen LogP contribution in [0.4, 0.5) is 10.5 Å². The largest absolute Gasteiger partial charge is 0.464 e. The van der Waals surface area contributed by atoms with Crippen molar-refractivity contribution in [2.45, 2.75) is 43.5 Å². The molecule has 1 heterocycles. The number of amides is 1. The van der Waals surface area contributed by atoms with E-state index >= 15 is 0 Å². The molecule has 4 atom stereocenters. The summed E-state index contributed by atoms with van der Waals surface area (Å²) >= 11 is 0. The molecule has 1 aliphatic carbocycles. The molecule has 1 aliphatic heterocycles. The van der Waals surface area contributed by atoms with Crippen LogP contribution in [0, 0.1) is 27.9 Å². The average molecular weight is 485 g/mol. The van der Waals surface area contributed by atoms with Gasteiger partial charge in [-0.1, -0.05) is 0 Å². The number of likely N-dealkylation sites (tertiary alicyclic amines) is 1. The quantitative estimate of drug-likeness (QED) is 0.247. The highest BCUT2D eigenvalue weighted by Crippen LogP contribution is 2.42. The van der Waals surface area contributed by atoms with Crippen LogP contribution in [0.3, 0.4) is 0 Å². The van der Waals surface area contributed by atoms with Gasteiger partial charge in [0.25, 0.3) is 15.8 Å². The molecule has 0 spiro atoms. The first kappa shape index (κ1) is 24.9. The van der Waals surface area contributed by atoms with Gasteiger partial charge in [0.15, 0.2) is 0 Å². The third-order valence-corrected chi connectivity index (χ3v) is 7.64. The second-order valence-corrected chi connectivity index (χ2v) is 9.93. The number of hydrogen-bond acceptors (Lipinski definition) is 9. The summed E-state index contributed by atoms with van der Waals surface area (Å²) in [5.41, 5.74) is -0.207. The van der Waals surface area contributed by atoms with Crippen molar-refractivity contribution in [2.24, 2.45) is 17.8 Å². The van der Waals surface area contributed by atoms with E-state index in [0.29, 0.717) is 19.4 Å². The van der Waals surface area contributed by atoms with E-state index < -0.39 is 33.1 Å². The Morgan fingerprint density at radius 1 is 1.15 bits per heavy atom. The summed E-state index contributed by atoms with van der Waals surface area (Å²) in [4.78, 5) is 36.1. The van der Waals surface area contributed by atoms with E-state index in [1.807, 2.05) is 0 Å². The van der Waals surface area contributed by atoms with E-state index in [1.165, 1.54) is 12.0 Å². The number of nitrogens with zero attached hydrogens (tertiary/aromatic N) is 2. The number of hydrogen-bond donors (Lipinski definition) is 0. The van der Waals surface area contributed by atoms with Crippen molar-refractivity contribution in [2.75, 3.05) is 26.9 Å². The average Bonchev–Trinajstić information content (AvgIpc) is 2.81. The van der Waals surface area contributed by atoms with Crippen molar-refractivity contribution in [3.63, 3.8) is 0 Å². The van der Waals surface area contributed by atoms with E-state index in [-0.39, 0.29) is 41.6 Å². The summed E-state index contributed by atoms with van der Waals surface area (Å²) in [7, 11) is -2.78. The number of carbonyl (C=O) groups is 2. The SMILES string of the molecule is CCOC(=O)[C@@H]1C[C@H]2C[C@@H](COS(=O)(=O)c3ccc([N+](=O)[O-])cc3)CC[C@H]2CN1C(=O)OC. The molecule has 2 aliphatic rings. The minimum Gasteiger partial charge on any atom is -0.464 e. The van der Waals surface area contributed by atoms with Crippen LogP contribution >= 0.6 is 0 Å². The number of rotatable bonds is 7. The minimum absolute atomic E-state index is 0.0205. The molecule has 1 aromatic rings. The zero-order valence-electron chi connectivity index (χ0n) is 18.5. The van der Waals surface area contributed by atoms with Crippen LogP contribution < -0.4 is 0 Å². The number of carbonyl (C=O) groups excluding carboxylic acids is 2. The monoisotopic (exact) mass is 484 g/mol. The van der Waals surface area contributed by atoms with E-state index in [9.17, 15) is 28.1 Å². The lowest BCUT2D eigenvalue weighted by atomic mass is 9.69. The molecule has 1 saturated carbocycles. The minimum atomic E-state index is -4.05. The second kappa shape index (κ2) is 10.5. The van der Waals surface area contributed by atoms with E-state index in [1.54, 1.807) is 6.92 Å². The Labute approximate surface area is 192 Å². The molecule has 1 saturated heterocycles. The lowest BCUT2D eigenvalue weighted by Gasteiger charge is -2.46. The third kappa shape index (κ3) is 5.80. The number of fused-ring (bicyclic) bond motifs is 1. The molecule has 182 valence electrons. The van der Waals surface area contributed by atoms with Crippen molar-refractivity contribution < 1.29 is 36.6 Å². The van der Waals surface area contributed by atoms with Crippen molar-refractivity contribution in [3.8, 4) is 0 Å². The second-order valence-electron chi connectivity index (χ2n) is 8.31. The van der Waals surface area contributed by atoms with Gasteiger partial charge in [-0.15, -0.1) is 0 Å². The molecular weight excluding hydrogens is 456 g/mol. The van der Waals surface area contributed by atoms with E-state index in [4.69, 9.17) is 13.7 Å². The van der Waals surface area contributed by atoms with Gasteiger partial charge in [-0.05, 0) is 62.5 Å². The van der Waals surface area contributed by atoms with Gasteiger partial charge in [0, 0.05) is 18.7 Å². The highest BCUT2D eigenvalue weighted by Gasteiger charge is 2.44. The maximum Gasteiger partial charge on any atom is 0.410 e. The molecule has 0 unspecified atom stereocenters. The number of methoxy groups -OCH3 is 1. The predicted octanol–water partition coefficient (Wildman–Crippen LogP) is 2.74. The normalized spacial score (nSPS) is 25.1. The van der Waals surface area contributed by atoms with Crippen LogP contribution in [0.15, 0.2) is 29.2 Å². The Hall–Kier alpha value is -2.73. The first-order chi connectivity index (χ1) is 15.7. The predicted molar refractivity (Wildman–Crippen MR) is 115 cm³/mol. The smallest absolute Gasteiger partial charge is 0.410 e. The zero-order valence-corrected chi connectivity index (χ0v) is 19.4. The summed E-state index contributed by atoms with van der Waals surface area (Å²) in [6, 6.07) is 3.80. The first-order valence-electron chi connectivity index (χ1n) is 10.8. The van der Waals surface area contributed by atoms with Crippen LogP contribution in [0.1, 0.15) is 32.6 Å². The number of esters is 1. The molecular formula is C21H28N2O9S. The van der Waals surface area contributed by atoms with Gasteiger partial charge in [-0.25, -0.2) is 9.59 Å². The number of nitro groups is 1. The molecule has 0 bridgehead atoms. The molecule has 0 aromatic heterocycles. The van der Waals surface area contributed by atoms with Gasteiger partial charge < -0.3 is 9.47 Å². The van der Waals surface area contributed by atoms with Crippen LogP contribution in [0.2, 0.25) is 0 Å².